The first kappa shape index (κ1) is 38.3. The number of benzene rings is 3. The fourth-order valence-corrected chi connectivity index (χ4v) is 8.81. The number of amides is 2. The highest BCUT2D eigenvalue weighted by Gasteiger charge is 2.37. The lowest BCUT2D eigenvalue weighted by Gasteiger charge is -2.34. The monoisotopic (exact) mass is 801 g/mol. The second-order valence-corrected chi connectivity index (χ2v) is 16.0. The second kappa shape index (κ2) is 15.1. The van der Waals surface area contributed by atoms with E-state index in [0.717, 1.165) is 83.0 Å². The Hall–Kier alpha value is -5.58. The number of hydrogen-bond donors (Lipinski definition) is 1. The summed E-state index contributed by atoms with van der Waals surface area (Å²) in [5.41, 5.74) is 11.3. The third kappa shape index (κ3) is 6.74. The normalized spacial score (nSPS) is 14.2. The third-order valence-electron chi connectivity index (χ3n) is 11.3. The number of ether oxygens (including phenoxy) is 1. The van der Waals surface area contributed by atoms with Gasteiger partial charge in [-0.1, -0.05) is 35.3 Å². The lowest BCUT2D eigenvalue weighted by atomic mass is 9.98. The molecular formula is C45H45Cl2N7O3. The molecule has 0 unspecified atom stereocenters. The number of rotatable bonds is 10. The van der Waals surface area contributed by atoms with Crippen LogP contribution in [0.5, 0.6) is 5.75 Å². The zero-order chi connectivity index (χ0) is 40.3. The maximum atomic E-state index is 15.2. The smallest absolute Gasteiger partial charge is 0.275 e. The SMILES string of the molecule is Cc1cc(OCCCc2c3n(c4c(-c5c(C)nn(C)c5C)c(Cl)ccc24)[C@H](C)CN(c2cn(C)c4ccc(C(=O)NCc5cccnc5)cc24)C3=O)cc(C)c1Cl. The molecule has 1 aliphatic rings. The summed E-state index contributed by atoms with van der Waals surface area (Å²) in [6.45, 7) is 11.4. The molecule has 0 aliphatic carbocycles. The molecule has 0 bridgehead atoms. The van der Waals surface area contributed by atoms with Crippen molar-refractivity contribution in [3.05, 3.63) is 128 Å². The van der Waals surface area contributed by atoms with Crippen molar-refractivity contribution in [2.75, 3.05) is 18.1 Å². The number of aryl methyl sites for hydroxylation is 6. The Morgan fingerprint density at radius 2 is 1.75 bits per heavy atom. The van der Waals surface area contributed by atoms with Crippen molar-refractivity contribution >= 4 is 62.5 Å². The maximum Gasteiger partial charge on any atom is 0.275 e. The molecule has 0 fully saturated rings. The quantitative estimate of drug-likeness (QED) is 0.139. The van der Waals surface area contributed by atoms with E-state index in [-0.39, 0.29) is 17.9 Å². The molecule has 0 saturated heterocycles. The number of pyridine rings is 1. The minimum atomic E-state index is -0.201. The second-order valence-electron chi connectivity index (χ2n) is 15.2. The van der Waals surface area contributed by atoms with Crippen LogP contribution in [0.2, 0.25) is 10.0 Å². The molecule has 7 aromatic rings. The Balaban J connectivity index is 1.21. The summed E-state index contributed by atoms with van der Waals surface area (Å²) >= 11 is 13.6. The molecule has 8 rings (SSSR count). The Labute approximate surface area is 342 Å². The van der Waals surface area contributed by atoms with Crippen molar-refractivity contribution in [1.82, 2.24) is 29.2 Å². The van der Waals surface area contributed by atoms with Gasteiger partial charge in [-0.05, 0) is 112 Å². The van der Waals surface area contributed by atoms with Gasteiger partial charge in [0.2, 0.25) is 0 Å². The van der Waals surface area contributed by atoms with E-state index < -0.39 is 0 Å². The highest BCUT2D eigenvalue weighted by Crippen LogP contribution is 2.45. The van der Waals surface area contributed by atoms with Crippen LogP contribution in [0.1, 0.15) is 73.9 Å². The molecule has 4 aromatic heterocycles. The number of nitrogens with zero attached hydrogens (tertiary/aromatic N) is 6. The van der Waals surface area contributed by atoms with Crippen molar-refractivity contribution < 1.29 is 14.3 Å². The summed E-state index contributed by atoms with van der Waals surface area (Å²) in [6, 6.07) is 17.2. The molecule has 1 atom stereocenters. The van der Waals surface area contributed by atoms with Gasteiger partial charge in [-0.25, -0.2) is 0 Å². The largest absolute Gasteiger partial charge is 0.494 e. The van der Waals surface area contributed by atoms with Crippen LogP contribution < -0.4 is 15.0 Å². The van der Waals surface area contributed by atoms with Crippen LogP contribution in [0.3, 0.4) is 0 Å². The van der Waals surface area contributed by atoms with Crippen molar-refractivity contribution in [2.45, 2.75) is 60.0 Å². The van der Waals surface area contributed by atoms with Gasteiger partial charge in [-0.15, -0.1) is 0 Å². The van der Waals surface area contributed by atoms with Crippen LogP contribution in [-0.4, -0.2) is 48.9 Å². The molecule has 0 radical (unpaired) electrons. The van der Waals surface area contributed by atoms with Gasteiger partial charge in [0.05, 0.1) is 28.5 Å². The van der Waals surface area contributed by atoms with Gasteiger partial charge in [0.15, 0.2) is 0 Å². The predicted octanol–water partition coefficient (Wildman–Crippen LogP) is 9.63. The molecule has 12 heteroatoms. The Bertz CT molecular complexity index is 2710. The zero-order valence-corrected chi connectivity index (χ0v) is 34.7. The number of carbonyl (C=O) groups excluding carboxylic acids is 2. The molecular weight excluding hydrogens is 757 g/mol. The van der Waals surface area contributed by atoms with Gasteiger partial charge >= 0.3 is 0 Å². The van der Waals surface area contributed by atoms with Crippen LogP contribution in [0, 0.1) is 27.7 Å². The lowest BCUT2D eigenvalue weighted by Crippen LogP contribution is -2.42. The number of fused-ring (bicyclic) bond motifs is 4. The van der Waals surface area contributed by atoms with E-state index in [0.29, 0.717) is 48.8 Å². The standard InChI is InChI=1S/C45H45Cl2N7O3/c1-25-18-32(19-26(2)41(25)47)57-17-9-11-33-34-13-14-36(46)40(39-28(4)50-52(7)29(39)5)42(34)54-27(3)23-53(45(56)43(33)54)38-24-51(6)37-15-12-31(20-35(37)38)44(55)49-22-30-10-8-16-48-21-30/h8,10,12-16,18-21,24,27H,9,11,17,22-23H2,1-7H3,(H,49,55)/t27-/m1/s1. The number of anilines is 1. The summed E-state index contributed by atoms with van der Waals surface area (Å²) in [5.74, 6) is 0.462. The highest BCUT2D eigenvalue weighted by atomic mass is 35.5. The first-order valence-corrected chi connectivity index (χ1v) is 19.9. The van der Waals surface area contributed by atoms with Gasteiger partial charge in [0, 0.05) is 95.5 Å². The van der Waals surface area contributed by atoms with Crippen LogP contribution in [0.4, 0.5) is 5.69 Å². The number of halogens is 2. The Morgan fingerprint density at radius 3 is 2.46 bits per heavy atom. The highest BCUT2D eigenvalue weighted by molar-refractivity contribution is 6.35. The summed E-state index contributed by atoms with van der Waals surface area (Å²) in [6.07, 6.45) is 6.69. The molecule has 3 aromatic carbocycles. The van der Waals surface area contributed by atoms with E-state index in [1.54, 1.807) is 12.4 Å². The van der Waals surface area contributed by atoms with E-state index in [4.69, 9.17) is 33.0 Å². The molecule has 0 spiro atoms. The molecule has 0 saturated carbocycles. The lowest BCUT2D eigenvalue weighted by molar-refractivity contribution is 0.0946. The number of nitrogens with one attached hydrogen (secondary N) is 1. The first-order valence-electron chi connectivity index (χ1n) is 19.2. The summed E-state index contributed by atoms with van der Waals surface area (Å²) in [7, 11) is 3.90. The number of aromatic nitrogens is 5. The first-order chi connectivity index (χ1) is 27.3. The van der Waals surface area contributed by atoms with E-state index in [1.807, 2.05) is 117 Å². The summed E-state index contributed by atoms with van der Waals surface area (Å²) in [5, 5.41) is 10.9. The zero-order valence-electron chi connectivity index (χ0n) is 33.2. The van der Waals surface area contributed by atoms with Crippen molar-refractivity contribution in [3.63, 3.8) is 0 Å². The molecule has 5 heterocycles. The predicted molar refractivity (Wildman–Crippen MR) is 228 cm³/mol. The van der Waals surface area contributed by atoms with Crippen molar-refractivity contribution in [1.29, 1.82) is 0 Å². The fraction of sp³-hybridized carbons (Fsp3) is 0.289. The van der Waals surface area contributed by atoms with Crippen LogP contribution >= 0.6 is 23.2 Å². The van der Waals surface area contributed by atoms with Crippen LogP contribution in [0.15, 0.2) is 73.2 Å². The maximum absolute atomic E-state index is 15.2. The van der Waals surface area contributed by atoms with Crippen molar-refractivity contribution in [2.24, 2.45) is 14.1 Å². The third-order valence-corrected chi connectivity index (χ3v) is 12.2. The van der Waals surface area contributed by atoms with Crippen LogP contribution in [-0.2, 0) is 27.1 Å². The number of carbonyl (C=O) groups is 2. The Morgan fingerprint density at radius 1 is 0.982 bits per heavy atom. The van der Waals surface area contributed by atoms with Gasteiger partial charge in [-0.2, -0.15) is 5.10 Å². The topological polar surface area (TPSA) is 99.2 Å². The molecule has 292 valence electrons. The summed E-state index contributed by atoms with van der Waals surface area (Å²) < 4.78 is 12.3. The number of hydrogen-bond acceptors (Lipinski definition) is 5. The van der Waals surface area contributed by atoms with E-state index in [2.05, 4.69) is 21.8 Å². The molecule has 1 aliphatic heterocycles. The molecule has 57 heavy (non-hydrogen) atoms. The van der Waals surface area contributed by atoms with Gasteiger partial charge in [0.25, 0.3) is 11.8 Å². The van der Waals surface area contributed by atoms with E-state index in [9.17, 15) is 4.79 Å². The molecule has 10 nitrogen and oxygen atoms in total. The molecule has 1 N–H and O–H groups in total. The van der Waals surface area contributed by atoms with Gasteiger partial charge < -0.3 is 24.1 Å². The van der Waals surface area contributed by atoms with E-state index >= 15 is 4.79 Å². The summed E-state index contributed by atoms with van der Waals surface area (Å²) in [4.78, 5) is 34.7. The van der Waals surface area contributed by atoms with Crippen LogP contribution in [0.25, 0.3) is 32.9 Å². The fourth-order valence-electron chi connectivity index (χ4n) is 8.45. The minimum absolute atomic E-state index is 0.107. The van der Waals surface area contributed by atoms with E-state index in [1.165, 1.54) is 0 Å². The average molecular weight is 803 g/mol. The average Bonchev–Trinajstić information content (AvgIpc) is 3.80. The van der Waals surface area contributed by atoms with Crippen molar-refractivity contribution in [3.8, 4) is 16.9 Å². The van der Waals surface area contributed by atoms with Gasteiger partial charge in [0.1, 0.15) is 11.4 Å². The van der Waals surface area contributed by atoms with Gasteiger partial charge in [-0.3, -0.25) is 19.3 Å². The Kier molecular flexibility index (Phi) is 10.1. The molecule has 2 amide bonds. The minimum Gasteiger partial charge on any atom is -0.494 e.